The average molecular weight is 280 g/mol. The van der Waals surface area contributed by atoms with Gasteiger partial charge in [0.1, 0.15) is 0 Å². The van der Waals surface area contributed by atoms with Gasteiger partial charge in [0, 0.05) is 0 Å². The van der Waals surface area contributed by atoms with E-state index in [1.807, 2.05) is 60.7 Å². The Morgan fingerprint density at radius 2 is 1.35 bits per heavy atom. The molecule has 0 amide bonds. The van der Waals surface area contributed by atoms with Crippen LogP contribution in [0.4, 0.5) is 0 Å². The molecule has 0 bridgehead atoms. The average Bonchev–Trinajstić information content (AvgIpc) is 2.54. The summed E-state index contributed by atoms with van der Waals surface area (Å²) in [5, 5.41) is 12.6. The first-order valence-corrected chi connectivity index (χ1v) is 7.17. The molecule has 0 aliphatic rings. The van der Waals surface area contributed by atoms with Crippen LogP contribution in [0.5, 0.6) is 0 Å². The van der Waals surface area contributed by atoms with Gasteiger partial charge in [0.2, 0.25) is 0 Å². The van der Waals surface area contributed by atoms with Crippen LogP contribution in [0.25, 0.3) is 10.8 Å². The van der Waals surface area contributed by atoms with Crippen molar-refractivity contribution in [3.05, 3.63) is 83.9 Å². The van der Waals surface area contributed by atoms with E-state index in [9.17, 15) is 5.11 Å². The monoisotopic (exact) mass is 280 g/mol. The fraction of sp³-hybridized carbons (Fsp3) is 0.111. The molecule has 3 rings (SSSR count). The van der Waals surface area contributed by atoms with Crippen LogP contribution in [-0.2, 0) is 0 Å². The number of aliphatic hydroxyl groups is 1. The molecule has 0 saturated heterocycles. The minimum atomic E-state index is -0.620. The molecule has 0 aromatic heterocycles. The maximum Gasteiger partial charge on any atom is 0.0947 e. The minimum absolute atomic E-state index is 0.225. The molecule has 0 aliphatic carbocycles. The van der Waals surface area contributed by atoms with Crippen molar-refractivity contribution in [2.75, 3.05) is 0 Å². The first-order chi connectivity index (χ1) is 9.75. The van der Waals surface area contributed by atoms with Crippen molar-refractivity contribution in [1.82, 2.24) is 0 Å². The quantitative estimate of drug-likeness (QED) is 0.675. The Hall–Kier alpha value is -1.77. The van der Waals surface area contributed by atoms with Gasteiger partial charge in [-0.25, -0.2) is 0 Å². The van der Waals surface area contributed by atoms with E-state index in [-0.39, 0.29) is 5.25 Å². The number of benzene rings is 3. The molecule has 0 spiro atoms. The molecule has 100 valence electrons. The second kappa shape index (κ2) is 5.70. The summed E-state index contributed by atoms with van der Waals surface area (Å²) in [6.45, 7) is 0. The van der Waals surface area contributed by atoms with E-state index in [1.165, 1.54) is 5.39 Å². The normalized spacial score (nSPS) is 14.1. The number of thiol groups is 1. The predicted molar refractivity (Wildman–Crippen MR) is 87.1 cm³/mol. The Kier molecular flexibility index (Phi) is 3.77. The standard InChI is InChI=1S/C18H16OS/c19-17(18(20)14-7-2-1-3-8-14)16-11-10-13-6-4-5-9-15(13)12-16/h1-12,17-20H/t17-,18-/m0/s1. The molecular weight excluding hydrogens is 264 g/mol. The molecule has 0 heterocycles. The lowest BCUT2D eigenvalue weighted by molar-refractivity contribution is 0.176. The zero-order valence-corrected chi connectivity index (χ0v) is 11.9. The van der Waals surface area contributed by atoms with Crippen LogP contribution in [0.15, 0.2) is 72.8 Å². The van der Waals surface area contributed by atoms with Crippen LogP contribution < -0.4 is 0 Å². The molecule has 2 heteroatoms. The topological polar surface area (TPSA) is 20.2 Å². The Bertz CT molecular complexity index is 709. The molecule has 0 aliphatic heterocycles. The maximum absolute atomic E-state index is 10.5. The van der Waals surface area contributed by atoms with Gasteiger partial charge < -0.3 is 5.11 Å². The second-order valence-electron chi connectivity index (χ2n) is 4.91. The molecule has 0 fully saturated rings. The lowest BCUT2D eigenvalue weighted by atomic mass is 9.98. The lowest BCUT2D eigenvalue weighted by Crippen LogP contribution is -2.05. The molecule has 1 nitrogen and oxygen atoms in total. The summed E-state index contributed by atoms with van der Waals surface area (Å²) < 4.78 is 0. The smallest absolute Gasteiger partial charge is 0.0947 e. The van der Waals surface area contributed by atoms with Gasteiger partial charge in [-0.2, -0.15) is 12.6 Å². The van der Waals surface area contributed by atoms with Crippen LogP contribution in [0.1, 0.15) is 22.5 Å². The second-order valence-corrected chi connectivity index (χ2v) is 5.46. The van der Waals surface area contributed by atoms with E-state index in [0.717, 1.165) is 16.5 Å². The molecule has 20 heavy (non-hydrogen) atoms. The highest BCUT2D eigenvalue weighted by atomic mass is 32.1. The van der Waals surface area contributed by atoms with E-state index in [4.69, 9.17) is 0 Å². The summed E-state index contributed by atoms with van der Waals surface area (Å²) >= 11 is 4.57. The summed E-state index contributed by atoms with van der Waals surface area (Å²) in [5.74, 6) is 0. The van der Waals surface area contributed by atoms with E-state index in [1.54, 1.807) is 0 Å². The Balaban J connectivity index is 1.94. The van der Waals surface area contributed by atoms with E-state index < -0.39 is 6.10 Å². The number of fused-ring (bicyclic) bond motifs is 1. The van der Waals surface area contributed by atoms with Gasteiger partial charge in [-0.05, 0) is 28.0 Å². The van der Waals surface area contributed by atoms with Crippen molar-refractivity contribution >= 4 is 23.4 Å². The number of rotatable bonds is 3. The first kappa shape index (κ1) is 13.2. The number of hydrogen-bond donors (Lipinski definition) is 2. The number of aliphatic hydroxyl groups excluding tert-OH is 1. The van der Waals surface area contributed by atoms with Crippen molar-refractivity contribution in [1.29, 1.82) is 0 Å². The van der Waals surface area contributed by atoms with Crippen molar-refractivity contribution in [3.63, 3.8) is 0 Å². The van der Waals surface area contributed by atoms with Gasteiger partial charge in [0.05, 0.1) is 11.4 Å². The third kappa shape index (κ3) is 2.58. The highest BCUT2D eigenvalue weighted by Gasteiger charge is 2.19. The molecule has 3 aromatic rings. The molecule has 2 atom stereocenters. The third-order valence-corrected chi connectivity index (χ3v) is 4.14. The number of hydrogen-bond acceptors (Lipinski definition) is 2. The van der Waals surface area contributed by atoms with Gasteiger partial charge in [0.25, 0.3) is 0 Å². The Morgan fingerprint density at radius 3 is 2.10 bits per heavy atom. The lowest BCUT2D eigenvalue weighted by Gasteiger charge is -2.19. The van der Waals surface area contributed by atoms with E-state index in [0.29, 0.717) is 0 Å². The fourth-order valence-corrected chi connectivity index (χ4v) is 2.75. The zero-order valence-electron chi connectivity index (χ0n) is 11.0. The van der Waals surface area contributed by atoms with E-state index in [2.05, 4.69) is 24.8 Å². The molecule has 1 N–H and O–H groups in total. The van der Waals surface area contributed by atoms with Crippen molar-refractivity contribution in [2.45, 2.75) is 11.4 Å². The largest absolute Gasteiger partial charge is 0.387 e. The van der Waals surface area contributed by atoms with Crippen LogP contribution in [0, 0.1) is 0 Å². The van der Waals surface area contributed by atoms with Crippen LogP contribution >= 0.6 is 12.6 Å². The van der Waals surface area contributed by atoms with Gasteiger partial charge in [-0.15, -0.1) is 0 Å². The molecule has 0 radical (unpaired) electrons. The highest BCUT2D eigenvalue weighted by molar-refractivity contribution is 7.80. The minimum Gasteiger partial charge on any atom is -0.387 e. The fourth-order valence-electron chi connectivity index (χ4n) is 2.41. The highest BCUT2D eigenvalue weighted by Crippen LogP contribution is 2.34. The summed E-state index contributed by atoms with van der Waals surface area (Å²) in [5.41, 5.74) is 1.92. The van der Waals surface area contributed by atoms with Crippen molar-refractivity contribution in [2.24, 2.45) is 0 Å². The summed E-state index contributed by atoms with van der Waals surface area (Å²) in [6.07, 6.45) is -0.620. The first-order valence-electron chi connectivity index (χ1n) is 6.65. The Labute approximate surface area is 124 Å². The molecular formula is C18H16OS. The van der Waals surface area contributed by atoms with Crippen LogP contribution in [0.3, 0.4) is 0 Å². The third-order valence-electron chi connectivity index (χ3n) is 3.56. The molecule has 0 unspecified atom stereocenters. The zero-order chi connectivity index (χ0) is 13.9. The predicted octanol–water partition coefficient (Wildman–Crippen LogP) is 4.54. The molecule has 0 saturated carbocycles. The van der Waals surface area contributed by atoms with Gasteiger partial charge >= 0.3 is 0 Å². The summed E-state index contributed by atoms with van der Waals surface area (Å²) in [4.78, 5) is 0. The van der Waals surface area contributed by atoms with Crippen LogP contribution in [0.2, 0.25) is 0 Å². The maximum atomic E-state index is 10.5. The van der Waals surface area contributed by atoms with E-state index >= 15 is 0 Å². The van der Waals surface area contributed by atoms with Crippen LogP contribution in [-0.4, -0.2) is 5.11 Å². The van der Waals surface area contributed by atoms with Crippen molar-refractivity contribution < 1.29 is 5.11 Å². The van der Waals surface area contributed by atoms with Gasteiger partial charge in [-0.3, -0.25) is 0 Å². The molecule has 3 aromatic carbocycles. The SMILES string of the molecule is O[C@@H](c1ccc2ccccc2c1)[C@@H](S)c1ccccc1. The van der Waals surface area contributed by atoms with Gasteiger partial charge in [0.15, 0.2) is 0 Å². The summed E-state index contributed by atoms with van der Waals surface area (Å²) in [6, 6.07) is 24.1. The van der Waals surface area contributed by atoms with Crippen molar-refractivity contribution in [3.8, 4) is 0 Å². The summed E-state index contributed by atoms with van der Waals surface area (Å²) in [7, 11) is 0. The van der Waals surface area contributed by atoms with Gasteiger partial charge in [-0.1, -0.05) is 66.7 Å². The Morgan fingerprint density at radius 1 is 0.700 bits per heavy atom.